The highest BCUT2D eigenvalue weighted by molar-refractivity contribution is 6.08. The number of hydrogen-bond acceptors (Lipinski definition) is 4. The number of esters is 1. The molecular formula is C18H15NO4. The Morgan fingerprint density at radius 2 is 1.91 bits per heavy atom. The van der Waals surface area contributed by atoms with Gasteiger partial charge in [-0.3, -0.25) is 4.79 Å². The molecular weight excluding hydrogens is 294 g/mol. The van der Waals surface area contributed by atoms with Gasteiger partial charge in [0.1, 0.15) is 11.2 Å². The molecule has 0 spiro atoms. The number of benzene rings is 2. The number of furan rings is 1. The third kappa shape index (κ3) is 2.94. The molecule has 1 N–H and O–H groups in total. The van der Waals surface area contributed by atoms with Crippen molar-refractivity contribution in [1.82, 2.24) is 0 Å². The van der Waals surface area contributed by atoms with E-state index < -0.39 is 5.97 Å². The van der Waals surface area contributed by atoms with Crippen LogP contribution in [0.4, 0.5) is 5.69 Å². The standard InChI is InChI=1S/C18H15NO4/c1-11(20)19-15-10-14-13-5-3-4-6-16(13)23-17(14)9-12(15)7-8-18(21)22-2/h3-10H,1-2H3,(H,19,20). The molecule has 2 aromatic carbocycles. The van der Waals surface area contributed by atoms with Crippen molar-refractivity contribution in [3.63, 3.8) is 0 Å². The van der Waals surface area contributed by atoms with E-state index in [1.807, 2.05) is 30.3 Å². The summed E-state index contributed by atoms with van der Waals surface area (Å²) in [5.74, 6) is -0.659. The lowest BCUT2D eigenvalue weighted by atomic mass is 10.1. The number of anilines is 1. The SMILES string of the molecule is COC(=O)C=Cc1cc2oc3ccccc3c2cc1NC(C)=O. The quantitative estimate of drug-likeness (QED) is 0.591. The number of nitrogens with one attached hydrogen (secondary N) is 1. The molecule has 0 saturated heterocycles. The van der Waals surface area contributed by atoms with Crippen LogP contribution >= 0.6 is 0 Å². The number of fused-ring (bicyclic) bond motifs is 3. The molecule has 5 nitrogen and oxygen atoms in total. The minimum Gasteiger partial charge on any atom is -0.466 e. The fourth-order valence-corrected chi connectivity index (χ4v) is 2.45. The lowest BCUT2D eigenvalue weighted by Crippen LogP contribution is -2.07. The third-order valence-electron chi connectivity index (χ3n) is 3.46. The summed E-state index contributed by atoms with van der Waals surface area (Å²) in [5, 5.41) is 4.65. The van der Waals surface area contributed by atoms with Gasteiger partial charge in [0.2, 0.25) is 5.91 Å². The number of carbonyl (C=O) groups excluding carboxylic acids is 2. The monoisotopic (exact) mass is 309 g/mol. The Morgan fingerprint density at radius 1 is 1.13 bits per heavy atom. The van der Waals surface area contributed by atoms with Gasteiger partial charge in [0.25, 0.3) is 0 Å². The molecule has 0 atom stereocenters. The second kappa shape index (κ2) is 5.96. The predicted octanol–water partition coefficient (Wildman–Crippen LogP) is 3.73. The van der Waals surface area contributed by atoms with E-state index in [4.69, 9.17) is 4.42 Å². The normalized spacial score (nSPS) is 11.2. The zero-order valence-corrected chi connectivity index (χ0v) is 12.8. The molecule has 3 aromatic rings. The Kier molecular flexibility index (Phi) is 3.85. The van der Waals surface area contributed by atoms with Gasteiger partial charge in [0, 0.05) is 35.0 Å². The number of rotatable bonds is 3. The second-order valence-electron chi connectivity index (χ2n) is 5.07. The van der Waals surface area contributed by atoms with Crippen molar-refractivity contribution in [3.05, 3.63) is 48.0 Å². The highest BCUT2D eigenvalue weighted by Crippen LogP contribution is 2.33. The smallest absolute Gasteiger partial charge is 0.330 e. The van der Waals surface area contributed by atoms with Crippen LogP contribution in [0.2, 0.25) is 0 Å². The van der Waals surface area contributed by atoms with Gasteiger partial charge in [-0.1, -0.05) is 18.2 Å². The van der Waals surface area contributed by atoms with Crippen LogP contribution in [0.5, 0.6) is 0 Å². The van der Waals surface area contributed by atoms with Crippen molar-refractivity contribution < 1.29 is 18.7 Å². The van der Waals surface area contributed by atoms with Crippen molar-refractivity contribution in [2.45, 2.75) is 6.92 Å². The van der Waals surface area contributed by atoms with Crippen LogP contribution in [-0.4, -0.2) is 19.0 Å². The Bertz CT molecular complexity index is 937. The Morgan fingerprint density at radius 3 is 2.65 bits per heavy atom. The number of carbonyl (C=O) groups is 2. The maximum Gasteiger partial charge on any atom is 0.330 e. The van der Waals surface area contributed by atoms with Crippen LogP contribution in [0.1, 0.15) is 12.5 Å². The minimum absolute atomic E-state index is 0.190. The average molecular weight is 309 g/mol. The van der Waals surface area contributed by atoms with Crippen LogP contribution in [-0.2, 0) is 14.3 Å². The molecule has 0 radical (unpaired) electrons. The maximum atomic E-state index is 11.4. The Hall–Kier alpha value is -3.08. The average Bonchev–Trinajstić information content (AvgIpc) is 2.89. The fourth-order valence-electron chi connectivity index (χ4n) is 2.45. The molecule has 0 aliphatic carbocycles. The van der Waals surface area contributed by atoms with Gasteiger partial charge in [0.05, 0.1) is 7.11 Å². The molecule has 0 unspecified atom stereocenters. The number of ether oxygens (including phenoxy) is 1. The first-order valence-electron chi connectivity index (χ1n) is 7.07. The van der Waals surface area contributed by atoms with E-state index >= 15 is 0 Å². The summed E-state index contributed by atoms with van der Waals surface area (Å²) in [6.07, 6.45) is 2.89. The van der Waals surface area contributed by atoms with Gasteiger partial charge in [-0.15, -0.1) is 0 Å². The molecule has 0 saturated carbocycles. The summed E-state index contributed by atoms with van der Waals surface area (Å²) in [6, 6.07) is 11.3. The van der Waals surface area contributed by atoms with E-state index in [1.54, 1.807) is 12.1 Å². The van der Waals surface area contributed by atoms with Crippen molar-refractivity contribution >= 4 is 45.6 Å². The number of methoxy groups -OCH3 is 1. The van der Waals surface area contributed by atoms with Crippen LogP contribution in [0.15, 0.2) is 46.9 Å². The van der Waals surface area contributed by atoms with Crippen LogP contribution in [0, 0.1) is 0 Å². The molecule has 3 rings (SSSR count). The highest BCUT2D eigenvalue weighted by atomic mass is 16.5. The first kappa shape index (κ1) is 14.8. The van der Waals surface area contributed by atoms with Gasteiger partial charge < -0.3 is 14.5 Å². The molecule has 0 aliphatic heterocycles. The summed E-state index contributed by atoms with van der Waals surface area (Å²) in [7, 11) is 1.31. The third-order valence-corrected chi connectivity index (χ3v) is 3.46. The predicted molar refractivity (Wildman–Crippen MR) is 89.1 cm³/mol. The summed E-state index contributed by atoms with van der Waals surface area (Å²) in [4.78, 5) is 22.8. The molecule has 1 aromatic heterocycles. The van der Waals surface area contributed by atoms with Gasteiger partial charge in [0.15, 0.2) is 0 Å². The van der Waals surface area contributed by atoms with Crippen LogP contribution < -0.4 is 5.32 Å². The lowest BCUT2D eigenvalue weighted by Gasteiger charge is -2.07. The first-order chi connectivity index (χ1) is 11.1. The van der Waals surface area contributed by atoms with E-state index in [0.29, 0.717) is 16.8 Å². The number of para-hydroxylation sites is 1. The second-order valence-corrected chi connectivity index (χ2v) is 5.07. The van der Waals surface area contributed by atoms with Crippen molar-refractivity contribution in [1.29, 1.82) is 0 Å². The molecule has 116 valence electrons. The molecule has 0 bridgehead atoms. The molecule has 1 amide bonds. The summed E-state index contributed by atoms with van der Waals surface area (Å²) in [5.41, 5.74) is 2.73. The number of hydrogen-bond donors (Lipinski definition) is 1. The van der Waals surface area contributed by atoms with E-state index in [2.05, 4.69) is 10.1 Å². The summed E-state index contributed by atoms with van der Waals surface area (Å²) < 4.78 is 10.4. The van der Waals surface area contributed by atoms with E-state index in [1.165, 1.54) is 20.1 Å². The molecule has 0 fully saturated rings. The topological polar surface area (TPSA) is 68.5 Å². The van der Waals surface area contributed by atoms with Gasteiger partial charge in [-0.05, 0) is 24.3 Å². The Labute approximate surface area is 132 Å². The van der Waals surface area contributed by atoms with E-state index in [0.717, 1.165) is 16.4 Å². The van der Waals surface area contributed by atoms with Crippen LogP contribution in [0.25, 0.3) is 28.0 Å². The van der Waals surface area contributed by atoms with Crippen LogP contribution in [0.3, 0.4) is 0 Å². The van der Waals surface area contributed by atoms with E-state index in [9.17, 15) is 9.59 Å². The molecule has 23 heavy (non-hydrogen) atoms. The first-order valence-corrected chi connectivity index (χ1v) is 7.07. The molecule has 1 heterocycles. The Balaban J connectivity index is 2.20. The molecule has 0 aliphatic rings. The van der Waals surface area contributed by atoms with E-state index in [-0.39, 0.29) is 5.91 Å². The zero-order chi connectivity index (χ0) is 16.4. The lowest BCUT2D eigenvalue weighted by molar-refractivity contribution is -0.134. The van der Waals surface area contributed by atoms with Crippen molar-refractivity contribution in [3.8, 4) is 0 Å². The highest BCUT2D eigenvalue weighted by Gasteiger charge is 2.11. The molecule has 5 heteroatoms. The van der Waals surface area contributed by atoms with Gasteiger partial charge >= 0.3 is 5.97 Å². The minimum atomic E-state index is -0.469. The summed E-state index contributed by atoms with van der Waals surface area (Å²) in [6.45, 7) is 1.44. The van der Waals surface area contributed by atoms with Gasteiger partial charge in [-0.2, -0.15) is 0 Å². The van der Waals surface area contributed by atoms with Crippen molar-refractivity contribution in [2.75, 3.05) is 12.4 Å². The fraction of sp³-hybridized carbons (Fsp3) is 0.111. The summed E-state index contributed by atoms with van der Waals surface area (Å²) >= 11 is 0. The van der Waals surface area contributed by atoms with Gasteiger partial charge in [-0.25, -0.2) is 4.79 Å². The maximum absolute atomic E-state index is 11.4. The largest absolute Gasteiger partial charge is 0.466 e. The number of amides is 1. The van der Waals surface area contributed by atoms with Crippen molar-refractivity contribution in [2.24, 2.45) is 0 Å². The zero-order valence-electron chi connectivity index (χ0n) is 12.8.